The topological polar surface area (TPSA) is 21.3 Å². The van der Waals surface area contributed by atoms with E-state index in [-0.39, 0.29) is 12.6 Å². The number of alkyl halides is 3. The second kappa shape index (κ2) is 7.26. The Bertz CT molecular complexity index is 390. The molecule has 19 heavy (non-hydrogen) atoms. The smallest absolute Gasteiger partial charge is 0.370 e. The first-order valence-corrected chi connectivity index (χ1v) is 7.10. The quantitative estimate of drug-likeness (QED) is 0.821. The molecule has 1 unspecified atom stereocenters. The molecule has 1 aromatic rings. The lowest BCUT2D eigenvalue weighted by Crippen LogP contribution is -2.28. The lowest BCUT2D eigenvalue weighted by Gasteiger charge is -2.19. The Balaban J connectivity index is 2.64. The van der Waals surface area contributed by atoms with E-state index in [4.69, 9.17) is 4.74 Å². The molecule has 0 aliphatic heterocycles. The van der Waals surface area contributed by atoms with Gasteiger partial charge in [-0.2, -0.15) is 13.2 Å². The summed E-state index contributed by atoms with van der Waals surface area (Å²) in [6.07, 6.45) is -3.34. The minimum Gasteiger partial charge on any atom is -0.370 e. The van der Waals surface area contributed by atoms with Crippen LogP contribution in [-0.2, 0) is 4.74 Å². The molecule has 1 aromatic heterocycles. The number of hydrogen-bond donors (Lipinski definition) is 1. The van der Waals surface area contributed by atoms with Crippen molar-refractivity contribution in [3.63, 3.8) is 0 Å². The molecule has 0 saturated heterocycles. The molecule has 0 amide bonds. The van der Waals surface area contributed by atoms with Gasteiger partial charge in [0.1, 0.15) is 6.61 Å². The Morgan fingerprint density at radius 1 is 1.37 bits per heavy atom. The van der Waals surface area contributed by atoms with Gasteiger partial charge in [-0.25, -0.2) is 0 Å². The van der Waals surface area contributed by atoms with Crippen LogP contribution in [0.4, 0.5) is 13.2 Å². The first kappa shape index (κ1) is 16.5. The van der Waals surface area contributed by atoms with Gasteiger partial charge in [-0.05, 0) is 38.4 Å². The maximum Gasteiger partial charge on any atom is 0.411 e. The Hall–Kier alpha value is -0.590. The van der Waals surface area contributed by atoms with Crippen LogP contribution in [0, 0.1) is 13.8 Å². The number of ether oxygens (including phenoxy) is 1. The van der Waals surface area contributed by atoms with Crippen molar-refractivity contribution in [2.24, 2.45) is 0 Å². The van der Waals surface area contributed by atoms with Crippen LogP contribution in [0.3, 0.4) is 0 Å². The van der Waals surface area contributed by atoms with Crippen molar-refractivity contribution in [1.82, 2.24) is 5.32 Å². The predicted molar refractivity (Wildman–Crippen MR) is 71.7 cm³/mol. The highest BCUT2D eigenvalue weighted by Crippen LogP contribution is 2.28. The molecule has 6 heteroatoms. The molecule has 0 saturated carbocycles. The van der Waals surface area contributed by atoms with E-state index in [2.05, 4.69) is 5.32 Å². The van der Waals surface area contributed by atoms with E-state index >= 15 is 0 Å². The average Bonchev–Trinajstić information content (AvgIpc) is 2.61. The predicted octanol–water partition coefficient (Wildman–Crippen LogP) is 3.98. The number of aryl methyl sites for hydroxylation is 2. The molecule has 1 N–H and O–H groups in total. The van der Waals surface area contributed by atoms with Gasteiger partial charge in [-0.15, -0.1) is 11.3 Å². The van der Waals surface area contributed by atoms with Gasteiger partial charge in [0.15, 0.2) is 0 Å². The van der Waals surface area contributed by atoms with Crippen molar-refractivity contribution in [2.45, 2.75) is 39.4 Å². The SMILES string of the molecule is CCCNC(COCC(F)(F)F)c1sc(C)cc1C. The molecule has 0 bridgehead atoms. The van der Waals surface area contributed by atoms with Crippen LogP contribution in [0.5, 0.6) is 0 Å². The monoisotopic (exact) mass is 295 g/mol. The molecular formula is C13H20F3NOS. The normalized spacial score (nSPS) is 13.8. The largest absolute Gasteiger partial charge is 0.411 e. The molecule has 1 heterocycles. The number of halogens is 3. The van der Waals surface area contributed by atoms with Crippen LogP contribution < -0.4 is 5.32 Å². The lowest BCUT2D eigenvalue weighted by atomic mass is 10.1. The highest BCUT2D eigenvalue weighted by atomic mass is 32.1. The van der Waals surface area contributed by atoms with Gasteiger partial charge in [0, 0.05) is 9.75 Å². The standard InChI is InChI=1S/C13H20F3NOS/c1-4-5-17-11(7-18-8-13(14,15)16)12-9(2)6-10(3)19-12/h6,11,17H,4-5,7-8H2,1-3H3. The van der Waals surface area contributed by atoms with E-state index in [1.165, 1.54) is 0 Å². The summed E-state index contributed by atoms with van der Waals surface area (Å²) in [5.41, 5.74) is 1.10. The average molecular weight is 295 g/mol. The summed E-state index contributed by atoms with van der Waals surface area (Å²) >= 11 is 1.61. The van der Waals surface area contributed by atoms with Crippen LogP contribution in [0.25, 0.3) is 0 Å². The van der Waals surface area contributed by atoms with E-state index in [0.29, 0.717) is 0 Å². The zero-order valence-electron chi connectivity index (χ0n) is 11.4. The highest BCUT2D eigenvalue weighted by molar-refractivity contribution is 7.12. The zero-order valence-corrected chi connectivity index (χ0v) is 12.3. The number of rotatable bonds is 7. The molecule has 0 radical (unpaired) electrons. The maximum atomic E-state index is 12.1. The molecule has 0 aliphatic carbocycles. The van der Waals surface area contributed by atoms with Gasteiger partial charge in [0.25, 0.3) is 0 Å². The molecule has 0 spiro atoms. The minimum atomic E-state index is -4.27. The summed E-state index contributed by atoms with van der Waals surface area (Å²) in [4.78, 5) is 2.22. The van der Waals surface area contributed by atoms with Crippen molar-refractivity contribution < 1.29 is 17.9 Å². The fraction of sp³-hybridized carbons (Fsp3) is 0.692. The van der Waals surface area contributed by atoms with Crippen LogP contribution in [0.1, 0.15) is 34.7 Å². The highest BCUT2D eigenvalue weighted by Gasteiger charge is 2.28. The van der Waals surface area contributed by atoms with Crippen LogP contribution in [0.2, 0.25) is 0 Å². The van der Waals surface area contributed by atoms with Crippen molar-refractivity contribution in [3.05, 3.63) is 21.4 Å². The number of thiophene rings is 1. The summed E-state index contributed by atoms with van der Waals surface area (Å²) in [5, 5.41) is 3.24. The number of nitrogens with one attached hydrogen (secondary N) is 1. The Morgan fingerprint density at radius 3 is 2.53 bits per heavy atom. The molecule has 0 fully saturated rings. The fourth-order valence-electron chi connectivity index (χ4n) is 1.84. The van der Waals surface area contributed by atoms with E-state index in [1.54, 1.807) is 11.3 Å². The van der Waals surface area contributed by atoms with E-state index < -0.39 is 12.8 Å². The second-order valence-electron chi connectivity index (χ2n) is 4.54. The third kappa shape index (κ3) is 5.93. The molecule has 0 aromatic carbocycles. The van der Waals surface area contributed by atoms with Gasteiger partial charge in [-0.3, -0.25) is 0 Å². The van der Waals surface area contributed by atoms with Crippen LogP contribution >= 0.6 is 11.3 Å². The van der Waals surface area contributed by atoms with Gasteiger partial charge in [0.2, 0.25) is 0 Å². The summed E-state index contributed by atoms with van der Waals surface area (Å²) in [6, 6.07) is 1.88. The molecular weight excluding hydrogens is 275 g/mol. The van der Waals surface area contributed by atoms with Crippen molar-refractivity contribution in [1.29, 1.82) is 0 Å². The molecule has 0 aliphatic rings. The Kier molecular flexibility index (Phi) is 6.29. The zero-order chi connectivity index (χ0) is 14.5. The summed E-state index contributed by atoms with van der Waals surface area (Å²) in [5.74, 6) is 0. The lowest BCUT2D eigenvalue weighted by molar-refractivity contribution is -0.175. The van der Waals surface area contributed by atoms with Crippen molar-refractivity contribution in [2.75, 3.05) is 19.8 Å². The summed E-state index contributed by atoms with van der Waals surface area (Å²) in [7, 11) is 0. The van der Waals surface area contributed by atoms with E-state index in [1.807, 2.05) is 26.8 Å². The van der Waals surface area contributed by atoms with E-state index in [9.17, 15) is 13.2 Å². The maximum absolute atomic E-state index is 12.1. The molecule has 110 valence electrons. The van der Waals surface area contributed by atoms with Gasteiger partial charge < -0.3 is 10.1 Å². The third-order valence-electron chi connectivity index (χ3n) is 2.59. The van der Waals surface area contributed by atoms with E-state index in [0.717, 1.165) is 28.3 Å². The van der Waals surface area contributed by atoms with Crippen LogP contribution in [0.15, 0.2) is 6.07 Å². The number of hydrogen-bond acceptors (Lipinski definition) is 3. The van der Waals surface area contributed by atoms with Gasteiger partial charge in [0.05, 0.1) is 12.6 Å². The Labute approximate surface area is 116 Å². The summed E-state index contributed by atoms with van der Waals surface area (Å²) < 4.78 is 41.1. The first-order valence-electron chi connectivity index (χ1n) is 6.28. The minimum absolute atomic E-state index is 0.0420. The fourth-order valence-corrected chi connectivity index (χ4v) is 2.94. The Morgan fingerprint density at radius 2 is 2.05 bits per heavy atom. The first-order chi connectivity index (χ1) is 8.83. The van der Waals surface area contributed by atoms with Gasteiger partial charge >= 0.3 is 6.18 Å². The summed E-state index contributed by atoms with van der Waals surface area (Å²) in [6.45, 7) is 5.60. The second-order valence-corrected chi connectivity index (χ2v) is 5.83. The van der Waals surface area contributed by atoms with Crippen molar-refractivity contribution in [3.8, 4) is 0 Å². The van der Waals surface area contributed by atoms with Crippen LogP contribution in [-0.4, -0.2) is 25.9 Å². The van der Waals surface area contributed by atoms with Gasteiger partial charge in [-0.1, -0.05) is 6.92 Å². The van der Waals surface area contributed by atoms with Crippen molar-refractivity contribution >= 4 is 11.3 Å². The molecule has 1 rings (SSSR count). The molecule has 1 atom stereocenters. The molecule has 2 nitrogen and oxygen atoms in total. The third-order valence-corrected chi connectivity index (χ3v) is 3.85.